The predicted octanol–water partition coefficient (Wildman–Crippen LogP) is 6.18. The third kappa shape index (κ3) is 7.46. The van der Waals surface area contributed by atoms with Crippen LogP contribution in [0.3, 0.4) is 0 Å². The van der Waals surface area contributed by atoms with Crippen molar-refractivity contribution < 1.29 is 48.2 Å². The largest absolute Gasteiger partial charge is 0.497 e. The molecule has 2 saturated heterocycles. The minimum Gasteiger partial charge on any atom is -0.497 e. The fourth-order valence-corrected chi connectivity index (χ4v) is 8.20. The topological polar surface area (TPSA) is 130 Å². The average Bonchev–Trinajstić information content (AvgIpc) is 3.47. The van der Waals surface area contributed by atoms with E-state index >= 15 is 0 Å². The first-order valence-corrected chi connectivity index (χ1v) is 18.6. The number of rotatable bonds is 5. The molecule has 2 N–H and O–H groups in total. The molecule has 282 valence electrons. The number of carbonyl (C=O) groups is 2. The Kier molecular flexibility index (Phi) is 11.3. The lowest BCUT2D eigenvalue weighted by atomic mass is 9.70. The SMILES string of the molecule is CC[C@H](C)[C@H]1O[C@]2(C=C[C@@H]1C)C[C@@H]1C[C@@H](C/C=C(\C)[C@@H](O)[C@@H](C)/C=C/C=C3\CO[C@@H]4[C@H](OC(=O)c5ccc(OC)cc5)C(C)=C[C@@H](C(=O)O1)[C@]34O)O2. The normalized spacial score (nSPS) is 41.0. The van der Waals surface area contributed by atoms with Crippen molar-refractivity contribution in [1.82, 2.24) is 0 Å². The molecule has 10 nitrogen and oxygen atoms in total. The molecule has 4 aliphatic heterocycles. The minimum atomic E-state index is -1.89. The molecule has 10 heteroatoms. The number of allylic oxidation sites excluding steroid dienone is 2. The van der Waals surface area contributed by atoms with Crippen molar-refractivity contribution in [3.63, 3.8) is 0 Å². The summed E-state index contributed by atoms with van der Waals surface area (Å²) in [4.78, 5) is 27.8. The Bertz CT molecular complexity index is 1640. The molecule has 1 aromatic carbocycles. The molecule has 0 radical (unpaired) electrons. The van der Waals surface area contributed by atoms with Crippen molar-refractivity contribution >= 4 is 11.9 Å². The second-order valence-corrected chi connectivity index (χ2v) is 15.3. The van der Waals surface area contributed by atoms with E-state index in [1.54, 1.807) is 56.5 Å². The number of hydrogen-bond donors (Lipinski definition) is 2. The molecule has 4 heterocycles. The molecule has 52 heavy (non-hydrogen) atoms. The maximum atomic E-state index is 14.4. The van der Waals surface area contributed by atoms with E-state index in [0.29, 0.717) is 35.3 Å². The van der Waals surface area contributed by atoms with Gasteiger partial charge in [0, 0.05) is 24.7 Å². The number of ether oxygens (including phenoxy) is 6. The van der Waals surface area contributed by atoms with Crippen LogP contribution in [0.25, 0.3) is 0 Å². The zero-order chi connectivity index (χ0) is 37.4. The molecule has 12 atom stereocenters. The Morgan fingerprint density at radius 3 is 2.52 bits per heavy atom. The number of aliphatic hydroxyl groups is 2. The van der Waals surface area contributed by atoms with E-state index in [1.807, 2.05) is 32.1 Å². The zero-order valence-electron chi connectivity index (χ0n) is 31.3. The van der Waals surface area contributed by atoms with Gasteiger partial charge in [-0.2, -0.15) is 0 Å². The molecule has 6 rings (SSSR count). The second kappa shape index (κ2) is 15.4. The molecule has 1 aromatic rings. The summed E-state index contributed by atoms with van der Waals surface area (Å²) in [5.74, 6) is -2.66. The van der Waals surface area contributed by atoms with Gasteiger partial charge in [0.25, 0.3) is 0 Å². The molecular formula is C42H54O10. The van der Waals surface area contributed by atoms with Crippen LogP contribution >= 0.6 is 0 Å². The quantitative estimate of drug-likeness (QED) is 0.269. The molecule has 2 bridgehead atoms. The lowest BCUT2D eigenvalue weighted by molar-refractivity contribution is -0.300. The van der Waals surface area contributed by atoms with Gasteiger partial charge >= 0.3 is 11.9 Å². The number of methoxy groups -OCH3 is 1. The Hall–Kier alpha value is -3.54. The summed E-state index contributed by atoms with van der Waals surface area (Å²) in [6.45, 7) is 12.0. The van der Waals surface area contributed by atoms with Crippen LogP contribution in [-0.4, -0.2) is 83.9 Å². The summed E-state index contributed by atoms with van der Waals surface area (Å²) >= 11 is 0. The zero-order valence-corrected chi connectivity index (χ0v) is 31.3. The first-order chi connectivity index (χ1) is 24.8. The van der Waals surface area contributed by atoms with Crippen LogP contribution in [0.2, 0.25) is 0 Å². The summed E-state index contributed by atoms with van der Waals surface area (Å²) in [6, 6.07) is 6.54. The summed E-state index contributed by atoms with van der Waals surface area (Å²) in [5, 5.41) is 23.9. The molecule has 1 spiro atoms. The van der Waals surface area contributed by atoms with Crippen molar-refractivity contribution in [2.75, 3.05) is 13.7 Å². The van der Waals surface area contributed by atoms with Crippen molar-refractivity contribution in [2.45, 2.75) is 115 Å². The smallest absolute Gasteiger partial charge is 0.338 e. The molecular weight excluding hydrogens is 664 g/mol. The van der Waals surface area contributed by atoms with Crippen LogP contribution < -0.4 is 4.74 Å². The predicted molar refractivity (Wildman–Crippen MR) is 194 cm³/mol. The van der Waals surface area contributed by atoms with Crippen LogP contribution in [0.15, 0.2) is 83.5 Å². The summed E-state index contributed by atoms with van der Waals surface area (Å²) in [6.07, 6.45) is 11.3. The van der Waals surface area contributed by atoms with E-state index in [9.17, 15) is 19.8 Å². The molecule has 1 aliphatic carbocycles. The third-order valence-corrected chi connectivity index (χ3v) is 11.6. The highest BCUT2D eigenvalue weighted by Gasteiger charge is 2.61. The Morgan fingerprint density at radius 1 is 1.06 bits per heavy atom. The number of benzene rings is 1. The Morgan fingerprint density at radius 2 is 1.81 bits per heavy atom. The fourth-order valence-electron chi connectivity index (χ4n) is 8.20. The van der Waals surface area contributed by atoms with Crippen molar-refractivity contribution in [2.24, 2.45) is 23.7 Å². The van der Waals surface area contributed by atoms with Crippen molar-refractivity contribution in [3.05, 3.63) is 89.1 Å². The number of carbonyl (C=O) groups excluding carboxylic acids is 2. The molecule has 5 aliphatic rings. The summed E-state index contributed by atoms with van der Waals surface area (Å²) in [5.41, 5.74) is 0.225. The van der Waals surface area contributed by atoms with Crippen molar-refractivity contribution in [1.29, 1.82) is 0 Å². The average molecular weight is 719 g/mol. The highest BCUT2D eigenvalue weighted by atomic mass is 16.7. The Labute approximate surface area is 307 Å². The van der Waals surface area contributed by atoms with E-state index in [-0.39, 0.29) is 43.0 Å². The Balaban J connectivity index is 1.37. The van der Waals surface area contributed by atoms with E-state index in [1.165, 1.54) is 0 Å². The molecule has 0 unspecified atom stereocenters. The van der Waals surface area contributed by atoms with Gasteiger partial charge in [0.1, 0.15) is 29.5 Å². The van der Waals surface area contributed by atoms with Gasteiger partial charge in [0.05, 0.1) is 37.6 Å². The van der Waals surface area contributed by atoms with Crippen LogP contribution in [0, 0.1) is 23.7 Å². The van der Waals surface area contributed by atoms with Gasteiger partial charge in [-0.25, -0.2) is 4.79 Å². The monoisotopic (exact) mass is 718 g/mol. The van der Waals surface area contributed by atoms with Gasteiger partial charge in [0.15, 0.2) is 11.9 Å². The van der Waals surface area contributed by atoms with E-state index < -0.39 is 53.7 Å². The van der Waals surface area contributed by atoms with Gasteiger partial charge in [0.2, 0.25) is 0 Å². The van der Waals surface area contributed by atoms with Gasteiger partial charge in [-0.3, -0.25) is 4.79 Å². The molecule has 0 saturated carbocycles. The van der Waals surface area contributed by atoms with E-state index in [4.69, 9.17) is 28.4 Å². The van der Waals surface area contributed by atoms with Gasteiger partial charge in [-0.1, -0.05) is 70.6 Å². The third-order valence-electron chi connectivity index (χ3n) is 11.6. The highest BCUT2D eigenvalue weighted by molar-refractivity contribution is 5.90. The van der Waals surface area contributed by atoms with Gasteiger partial charge in [-0.05, 0) is 73.2 Å². The van der Waals surface area contributed by atoms with Gasteiger partial charge < -0.3 is 38.6 Å². The molecule has 2 fully saturated rings. The standard InChI is InChI=1S/C42H54O10/c1-8-24(2)36-27(5)18-19-41(52-36)22-33-21-32(51-41)15-12-26(4)35(43)25(3)10-9-11-30-23-48-38-37(28(6)20-34(40(45)49-33)42(30,38)46)50-39(44)29-13-16-31(47-7)17-14-29/h9-14,16-20,24-25,27,32-38,43,46H,8,15,21-23H2,1-7H3/b10-9+,26-12+,30-11+/t24-,25-,27-,32+,33-,34-,35-,36+,37+,38+,41+,42+/m0/s1. The van der Waals surface area contributed by atoms with Gasteiger partial charge in [-0.15, -0.1) is 0 Å². The highest BCUT2D eigenvalue weighted by Crippen LogP contribution is 2.48. The maximum Gasteiger partial charge on any atom is 0.338 e. The summed E-state index contributed by atoms with van der Waals surface area (Å²) in [7, 11) is 1.54. The number of fused-ring (bicyclic) bond motifs is 2. The lowest BCUT2D eigenvalue weighted by Crippen LogP contribution is -2.59. The first-order valence-electron chi connectivity index (χ1n) is 18.6. The number of aliphatic hydroxyl groups excluding tert-OH is 1. The van der Waals surface area contributed by atoms with Crippen LogP contribution in [0.1, 0.15) is 77.6 Å². The lowest BCUT2D eigenvalue weighted by Gasteiger charge is -2.48. The van der Waals surface area contributed by atoms with Crippen LogP contribution in [0.4, 0.5) is 0 Å². The van der Waals surface area contributed by atoms with Crippen LogP contribution in [-0.2, 0) is 28.5 Å². The molecule has 0 amide bonds. The number of esters is 2. The first kappa shape index (κ1) is 38.2. The molecule has 0 aromatic heterocycles. The van der Waals surface area contributed by atoms with Crippen LogP contribution in [0.5, 0.6) is 5.75 Å². The fraction of sp³-hybridized carbons (Fsp3) is 0.571. The van der Waals surface area contributed by atoms with E-state index in [2.05, 4.69) is 26.8 Å². The number of hydrogen-bond acceptors (Lipinski definition) is 10. The maximum absolute atomic E-state index is 14.4. The van der Waals surface area contributed by atoms with E-state index in [0.717, 1.165) is 12.0 Å². The minimum absolute atomic E-state index is 0.000861. The summed E-state index contributed by atoms with van der Waals surface area (Å²) < 4.78 is 37.3. The second-order valence-electron chi connectivity index (χ2n) is 15.3. The van der Waals surface area contributed by atoms with Crippen molar-refractivity contribution in [3.8, 4) is 5.75 Å².